The average molecular weight is 486 g/mol. The van der Waals surface area contributed by atoms with Gasteiger partial charge in [-0.25, -0.2) is 4.98 Å². The molecule has 0 saturated heterocycles. The molecule has 0 bridgehead atoms. The van der Waals surface area contributed by atoms with Crippen molar-refractivity contribution in [2.75, 3.05) is 12.4 Å². The Morgan fingerprint density at radius 1 is 1.09 bits per heavy atom. The van der Waals surface area contributed by atoms with Gasteiger partial charge in [0.1, 0.15) is 11.3 Å². The maximum Gasteiger partial charge on any atom is 0.258 e. The van der Waals surface area contributed by atoms with E-state index in [0.29, 0.717) is 33.4 Å². The fourth-order valence-corrected chi connectivity index (χ4v) is 3.74. The van der Waals surface area contributed by atoms with Crippen LogP contribution in [0.2, 0.25) is 10.0 Å². The number of hydrogen-bond donors (Lipinski definition) is 2. The number of aryl methyl sites for hydroxylation is 1. The second-order valence-electron chi connectivity index (χ2n) is 6.91. The van der Waals surface area contributed by atoms with Crippen LogP contribution < -0.4 is 15.4 Å². The molecule has 4 rings (SSSR count). The number of carbonyl (C=O) groups excluding carboxylic acids is 1. The van der Waals surface area contributed by atoms with E-state index in [1.54, 1.807) is 13.2 Å². The van der Waals surface area contributed by atoms with Gasteiger partial charge in [-0.2, -0.15) is 0 Å². The third-order valence-corrected chi connectivity index (χ3v) is 5.48. The number of hydrogen-bond acceptors (Lipinski definition) is 5. The molecule has 0 fully saturated rings. The Morgan fingerprint density at radius 3 is 2.66 bits per heavy atom. The Labute approximate surface area is 199 Å². The fraction of sp³-hybridized carbons (Fsp3) is 0.0870. The standard InChI is InChI=1S/C23H17Cl2N3O3S/c1-12-3-4-13(22-26-19-11-15(30-2)6-8-20(19)31-22)9-18(12)27-23(32)28-21(29)16-7-5-14(24)10-17(16)25/h3-11H,1-2H3,(H2,27,28,29,32). The van der Waals surface area contributed by atoms with Crippen molar-refractivity contribution < 1.29 is 13.9 Å². The minimum Gasteiger partial charge on any atom is -0.497 e. The first-order valence-corrected chi connectivity index (χ1v) is 10.6. The van der Waals surface area contributed by atoms with E-state index >= 15 is 0 Å². The molecule has 0 aliphatic rings. The molecule has 2 N–H and O–H groups in total. The van der Waals surface area contributed by atoms with Crippen molar-refractivity contribution in [3.8, 4) is 17.2 Å². The van der Waals surface area contributed by atoms with Crippen LogP contribution >= 0.6 is 35.4 Å². The van der Waals surface area contributed by atoms with Crippen LogP contribution in [0.3, 0.4) is 0 Å². The minimum absolute atomic E-state index is 0.128. The van der Waals surface area contributed by atoms with Gasteiger partial charge in [-0.3, -0.25) is 10.1 Å². The van der Waals surface area contributed by atoms with Crippen molar-refractivity contribution in [2.45, 2.75) is 6.92 Å². The van der Waals surface area contributed by atoms with Crippen molar-refractivity contribution >= 4 is 63.2 Å². The molecule has 1 aromatic heterocycles. The van der Waals surface area contributed by atoms with E-state index in [-0.39, 0.29) is 15.7 Å². The molecular weight excluding hydrogens is 469 g/mol. The molecule has 6 nitrogen and oxygen atoms in total. The average Bonchev–Trinajstić information content (AvgIpc) is 3.18. The molecule has 1 heterocycles. The number of ether oxygens (including phenoxy) is 1. The van der Waals surface area contributed by atoms with Gasteiger partial charge in [0.05, 0.1) is 17.7 Å². The highest BCUT2D eigenvalue weighted by Gasteiger charge is 2.14. The molecule has 162 valence electrons. The third-order valence-electron chi connectivity index (χ3n) is 4.73. The van der Waals surface area contributed by atoms with Crippen LogP contribution in [0, 0.1) is 6.92 Å². The molecule has 1 amide bonds. The minimum atomic E-state index is -0.439. The lowest BCUT2D eigenvalue weighted by atomic mass is 10.1. The van der Waals surface area contributed by atoms with Crippen LogP contribution in [0.4, 0.5) is 5.69 Å². The predicted molar refractivity (Wildman–Crippen MR) is 131 cm³/mol. The van der Waals surface area contributed by atoms with Gasteiger partial charge >= 0.3 is 0 Å². The second-order valence-corrected chi connectivity index (χ2v) is 8.17. The summed E-state index contributed by atoms with van der Waals surface area (Å²) in [4.78, 5) is 17.0. The van der Waals surface area contributed by atoms with Gasteiger partial charge in [-0.05, 0) is 67.2 Å². The lowest BCUT2D eigenvalue weighted by molar-refractivity contribution is 0.0978. The lowest BCUT2D eigenvalue weighted by Crippen LogP contribution is -2.34. The maximum atomic E-state index is 12.5. The third kappa shape index (κ3) is 4.70. The zero-order chi connectivity index (χ0) is 22.8. The maximum absolute atomic E-state index is 12.5. The SMILES string of the molecule is COc1ccc2oc(-c3ccc(C)c(NC(=S)NC(=O)c4ccc(Cl)cc4Cl)c3)nc2c1. The van der Waals surface area contributed by atoms with Gasteiger partial charge in [-0.1, -0.05) is 29.3 Å². The highest BCUT2D eigenvalue weighted by molar-refractivity contribution is 7.80. The molecule has 4 aromatic rings. The summed E-state index contributed by atoms with van der Waals surface area (Å²) in [5.74, 6) is 0.718. The van der Waals surface area contributed by atoms with E-state index in [1.165, 1.54) is 12.1 Å². The number of nitrogens with zero attached hydrogens (tertiary/aromatic N) is 1. The van der Waals surface area contributed by atoms with Gasteiger partial charge < -0.3 is 14.5 Å². The summed E-state index contributed by atoms with van der Waals surface area (Å²) >= 11 is 17.3. The number of anilines is 1. The zero-order valence-electron chi connectivity index (χ0n) is 17.0. The molecule has 0 aliphatic heterocycles. The van der Waals surface area contributed by atoms with Gasteiger partial charge in [0.2, 0.25) is 5.89 Å². The van der Waals surface area contributed by atoms with E-state index < -0.39 is 5.91 Å². The van der Waals surface area contributed by atoms with Crippen LogP contribution in [0.25, 0.3) is 22.6 Å². The first kappa shape index (κ1) is 22.1. The monoisotopic (exact) mass is 485 g/mol. The van der Waals surface area contributed by atoms with Gasteiger partial charge in [0.25, 0.3) is 5.91 Å². The van der Waals surface area contributed by atoms with Crippen LogP contribution in [-0.2, 0) is 0 Å². The number of benzene rings is 3. The Kier molecular flexibility index (Phi) is 6.32. The molecule has 0 unspecified atom stereocenters. The lowest BCUT2D eigenvalue weighted by Gasteiger charge is -2.13. The summed E-state index contributed by atoms with van der Waals surface area (Å²) in [6, 6.07) is 15.7. The second kappa shape index (κ2) is 9.16. The number of amides is 1. The number of rotatable bonds is 4. The number of aromatic nitrogens is 1. The summed E-state index contributed by atoms with van der Waals surface area (Å²) in [5, 5.41) is 6.48. The van der Waals surface area contributed by atoms with E-state index in [4.69, 9.17) is 44.6 Å². The highest BCUT2D eigenvalue weighted by Crippen LogP contribution is 2.29. The van der Waals surface area contributed by atoms with Crippen molar-refractivity contribution in [1.29, 1.82) is 0 Å². The van der Waals surface area contributed by atoms with E-state index in [9.17, 15) is 4.79 Å². The number of nitrogens with one attached hydrogen (secondary N) is 2. The van der Waals surface area contributed by atoms with Gasteiger partial charge in [0, 0.05) is 22.3 Å². The number of methoxy groups -OCH3 is 1. The van der Waals surface area contributed by atoms with Crippen molar-refractivity contribution in [1.82, 2.24) is 10.3 Å². The van der Waals surface area contributed by atoms with Crippen LogP contribution in [0.15, 0.2) is 59.0 Å². The summed E-state index contributed by atoms with van der Waals surface area (Å²) in [6.07, 6.45) is 0. The Bertz CT molecular complexity index is 1350. The Morgan fingerprint density at radius 2 is 1.91 bits per heavy atom. The molecule has 32 heavy (non-hydrogen) atoms. The van der Waals surface area contributed by atoms with E-state index in [0.717, 1.165) is 11.1 Å². The summed E-state index contributed by atoms with van der Waals surface area (Å²) in [5.41, 5.74) is 3.99. The van der Waals surface area contributed by atoms with Crippen molar-refractivity contribution in [3.05, 3.63) is 75.8 Å². The molecule has 0 radical (unpaired) electrons. The van der Waals surface area contributed by atoms with Gasteiger partial charge in [-0.15, -0.1) is 0 Å². The summed E-state index contributed by atoms with van der Waals surface area (Å²) in [7, 11) is 1.60. The highest BCUT2D eigenvalue weighted by atomic mass is 35.5. The molecule has 0 atom stereocenters. The first-order chi connectivity index (χ1) is 15.3. The van der Waals surface area contributed by atoms with Crippen LogP contribution in [-0.4, -0.2) is 23.1 Å². The smallest absolute Gasteiger partial charge is 0.258 e. The normalized spacial score (nSPS) is 10.8. The largest absolute Gasteiger partial charge is 0.497 e. The number of fused-ring (bicyclic) bond motifs is 1. The molecule has 9 heteroatoms. The van der Waals surface area contributed by atoms with Gasteiger partial charge in [0.15, 0.2) is 10.7 Å². The number of oxazole rings is 1. The molecule has 0 aliphatic carbocycles. The summed E-state index contributed by atoms with van der Waals surface area (Å²) < 4.78 is 11.1. The topological polar surface area (TPSA) is 76.4 Å². The molecule has 0 spiro atoms. The predicted octanol–water partition coefficient (Wildman–Crippen LogP) is 6.25. The fourth-order valence-electron chi connectivity index (χ4n) is 3.05. The van der Waals surface area contributed by atoms with Crippen molar-refractivity contribution in [2.24, 2.45) is 0 Å². The Hall–Kier alpha value is -3.13. The van der Waals surface area contributed by atoms with Crippen molar-refractivity contribution in [3.63, 3.8) is 0 Å². The zero-order valence-corrected chi connectivity index (χ0v) is 19.4. The molecular formula is C23H17Cl2N3O3S. The molecule has 0 saturated carbocycles. The first-order valence-electron chi connectivity index (χ1n) is 9.47. The van der Waals surface area contributed by atoms with E-state index in [1.807, 2.05) is 43.3 Å². The number of thiocarbonyl (C=S) groups is 1. The van der Waals surface area contributed by atoms with Crippen LogP contribution in [0.1, 0.15) is 15.9 Å². The molecule has 3 aromatic carbocycles. The van der Waals surface area contributed by atoms with E-state index in [2.05, 4.69) is 15.6 Å². The van der Waals surface area contributed by atoms with Crippen LogP contribution in [0.5, 0.6) is 5.75 Å². The number of halogens is 2. The number of carbonyl (C=O) groups is 1. The quantitative estimate of drug-likeness (QED) is 0.333. The Balaban J connectivity index is 1.54. The summed E-state index contributed by atoms with van der Waals surface area (Å²) in [6.45, 7) is 1.92.